The van der Waals surface area contributed by atoms with Crippen LogP contribution in [-0.4, -0.2) is 44.8 Å². The lowest BCUT2D eigenvalue weighted by atomic mass is 10.0. The van der Waals surface area contributed by atoms with Crippen LogP contribution in [0.15, 0.2) is 53.4 Å². The highest BCUT2D eigenvalue weighted by Crippen LogP contribution is 2.19. The summed E-state index contributed by atoms with van der Waals surface area (Å²) in [4.78, 5) is 12.5. The number of ether oxygens (including phenoxy) is 1. The van der Waals surface area contributed by atoms with Gasteiger partial charge < -0.3 is 4.74 Å². The van der Waals surface area contributed by atoms with Crippen LogP contribution in [-0.2, 0) is 21.2 Å². The van der Waals surface area contributed by atoms with Gasteiger partial charge >= 0.3 is 0 Å². The van der Waals surface area contributed by atoms with Gasteiger partial charge in [0.1, 0.15) is 5.82 Å². The van der Waals surface area contributed by atoms with Gasteiger partial charge in [-0.25, -0.2) is 12.8 Å². The molecule has 2 aromatic carbocycles. The average Bonchev–Trinajstić information content (AvgIpc) is 2.64. The summed E-state index contributed by atoms with van der Waals surface area (Å²) >= 11 is 0. The van der Waals surface area contributed by atoms with Crippen LogP contribution in [0.5, 0.6) is 0 Å². The van der Waals surface area contributed by atoms with Crippen LogP contribution < -0.4 is 0 Å². The number of nitrogens with zero attached hydrogens (tertiary/aromatic N) is 1. The third-order valence-electron chi connectivity index (χ3n) is 4.04. The van der Waals surface area contributed by atoms with Crippen LogP contribution in [0.25, 0.3) is 0 Å². The Morgan fingerprint density at radius 1 is 1.08 bits per heavy atom. The molecule has 1 saturated heterocycles. The van der Waals surface area contributed by atoms with Gasteiger partial charge in [-0.3, -0.25) is 4.79 Å². The predicted octanol–water partition coefficient (Wildman–Crippen LogP) is 2.27. The molecule has 5 nitrogen and oxygen atoms in total. The lowest BCUT2D eigenvalue weighted by Crippen LogP contribution is -2.40. The number of ketones is 1. The van der Waals surface area contributed by atoms with Gasteiger partial charge in [-0.2, -0.15) is 4.31 Å². The Morgan fingerprint density at radius 3 is 2.44 bits per heavy atom. The molecular formula is C18H18FNO4S. The molecule has 0 unspecified atom stereocenters. The SMILES string of the molecule is O=C(Cc1ccc(F)cc1)c1cccc(S(=O)(=O)N2CCOCC2)c1. The molecule has 0 N–H and O–H groups in total. The lowest BCUT2D eigenvalue weighted by Gasteiger charge is -2.26. The first-order valence-corrected chi connectivity index (χ1v) is 9.36. The standard InChI is InChI=1S/C18H18FNO4S/c19-16-6-4-14(5-7-16)12-18(21)15-2-1-3-17(13-15)25(22,23)20-8-10-24-11-9-20/h1-7,13H,8-12H2. The van der Waals surface area contributed by atoms with E-state index < -0.39 is 10.0 Å². The molecule has 0 aromatic heterocycles. The van der Waals surface area contributed by atoms with Gasteiger partial charge in [-0.15, -0.1) is 0 Å². The van der Waals surface area contributed by atoms with E-state index in [2.05, 4.69) is 0 Å². The van der Waals surface area contributed by atoms with Crippen molar-refractivity contribution in [2.45, 2.75) is 11.3 Å². The predicted molar refractivity (Wildman–Crippen MR) is 90.5 cm³/mol. The Kier molecular flexibility index (Phi) is 5.27. The van der Waals surface area contributed by atoms with E-state index in [-0.39, 0.29) is 22.9 Å². The molecular weight excluding hydrogens is 345 g/mol. The summed E-state index contributed by atoms with van der Waals surface area (Å²) in [6.07, 6.45) is 0.0847. The second-order valence-electron chi connectivity index (χ2n) is 5.77. The van der Waals surface area contributed by atoms with Gasteiger partial charge in [-0.1, -0.05) is 24.3 Å². The summed E-state index contributed by atoms with van der Waals surface area (Å²) < 4.78 is 44.8. The highest BCUT2D eigenvalue weighted by atomic mass is 32.2. The fraction of sp³-hybridized carbons (Fsp3) is 0.278. The van der Waals surface area contributed by atoms with E-state index in [9.17, 15) is 17.6 Å². The summed E-state index contributed by atoms with van der Waals surface area (Å²) in [5.41, 5.74) is 0.992. The zero-order chi connectivity index (χ0) is 17.9. The lowest BCUT2D eigenvalue weighted by molar-refractivity contribution is 0.0730. The van der Waals surface area contributed by atoms with Crippen molar-refractivity contribution in [1.29, 1.82) is 0 Å². The maximum Gasteiger partial charge on any atom is 0.243 e. The Morgan fingerprint density at radius 2 is 1.76 bits per heavy atom. The smallest absolute Gasteiger partial charge is 0.243 e. The second kappa shape index (κ2) is 7.43. The minimum atomic E-state index is -3.65. The first-order valence-electron chi connectivity index (χ1n) is 7.92. The molecule has 25 heavy (non-hydrogen) atoms. The van der Waals surface area contributed by atoms with E-state index in [0.717, 1.165) is 0 Å². The molecule has 0 spiro atoms. The molecule has 132 valence electrons. The molecule has 1 aliphatic rings. The molecule has 1 heterocycles. The summed E-state index contributed by atoms with van der Waals surface area (Å²) in [6.45, 7) is 1.33. The Bertz CT molecular complexity index is 859. The quantitative estimate of drug-likeness (QED) is 0.765. The average molecular weight is 363 g/mol. The molecule has 0 atom stereocenters. The maximum atomic E-state index is 12.9. The van der Waals surface area contributed by atoms with Crippen LogP contribution in [0, 0.1) is 5.82 Å². The molecule has 7 heteroatoms. The van der Waals surface area contributed by atoms with E-state index in [1.807, 2.05) is 0 Å². The maximum absolute atomic E-state index is 12.9. The van der Waals surface area contributed by atoms with Gasteiger partial charge in [0.15, 0.2) is 5.78 Å². The summed E-state index contributed by atoms with van der Waals surface area (Å²) in [5, 5.41) is 0. The van der Waals surface area contributed by atoms with Crippen LogP contribution in [0.1, 0.15) is 15.9 Å². The Hall–Kier alpha value is -2.09. The number of benzene rings is 2. The van der Waals surface area contributed by atoms with Crippen molar-refractivity contribution >= 4 is 15.8 Å². The molecule has 2 aromatic rings. The van der Waals surface area contributed by atoms with E-state index in [1.165, 1.54) is 28.6 Å². The van der Waals surface area contributed by atoms with Crippen molar-refractivity contribution in [2.75, 3.05) is 26.3 Å². The number of Topliss-reactive ketones (excluding diaryl/α,β-unsaturated/α-hetero) is 1. The number of hydrogen-bond donors (Lipinski definition) is 0. The zero-order valence-electron chi connectivity index (χ0n) is 13.5. The first-order chi connectivity index (χ1) is 12.0. The van der Waals surface area contributed by atoms with E-state index >= 15 is 0 Å². The number of hydrogen-bond acceptors (Lipinski definition) is 4. The van der Waals surface area contributed by atoms with Crippen molar-refractivity contribution in [3.05, 3.63) is 65.5 Å². The third kappa shape index (κ3) is 4.12. The van der Waals surface area contributed by atoms with Gasteiger partial charge in [0.05, 0.1) is 18.1 Å². The molecule has 0 amide bonds. The van der Waals surface area contributed by atoms with E-state index in [4.69, 9.17) is 4.74 Å². The summed E-state index contributed by atoms with van der Waals surface area (Å²) in [6, 6.07) is 11.7. The molecule has 1 aliphatic heterocycles. The summed E-state index contributed by atoms with van der Waals surface area (Å²) in [5.74, 6) is -0.583. The van der Waals surface area contributed by atoms with E-state index in [1.54, 1.807) is 24.3 Å². The highest BCUT2D eigenvalue weighted by Gasteiger charge is 2.26. The summed E-state index contributed by atoms with van der Waals surface area (Å²) in [7, 11) is -3.65. The molecule has 0 radical (unpaired) electrons. The van der Waals surface area contributed by atoms with Crippen LogP contribution in [0.4, 0.5) is 4.39 Å². The number of halogens is 1. The van der Waals surface area contributed by atoms with Crippen LogP contribution in [0.3, 0.4) is 0 Å². The van der Waals surface area contributed by atoms with Gasteiger partial charge in [0.2, 0.25) is 10.0 Å². The van der Waals surface area contributed by atoms with Crippen molar-refractivity contribution in [3.8, 4) is 0 Å². The van der Waals surface area contributed by atoms with Crippen molar-refractivity contribution < 1.29 is 22.3 Å². The number of rotatable bonds is 5. The molecule has 1 fully saturated rings. The number of sulfonamides is 1. The third-order valence-corrected chi connectivity index (χ3v) is 5.94. The Labute approximate surface area is 146 Å². The monoisotopic (exact) mass is 363 g/mol. The molecule has 0 aliphatic carbocycles. The number of carbonyl (C=O) groups excluding carboxylic acids is 1. The van der Waals surface area contributed by atoms with Gasteiger partial charge in [0.25, 0.3) is 0 Å². The fourth-order valence-electron chi connectivity index (χ4n) is 2.66. The number of morpholine rings is 1. The normalized spacial score (nSPS) is 15.9. The minimum absolute atomic E-state index is 0.0847. The van der Waals surface area contributed by atoms with Gasteiger partial charge in [-0.05, 0) is 29.8 Å². The second-order valence-corrected chi connectivity index (χ2v) is 7.71. The van der Waals surface area contributed by atoms with Crippen molar-refractivity contribution in [2.24, 2.45) is 0 Å². The topological polar surface area (TPSA) is 63.7 Å². The van der Waals surface area contributed by atoms with E-state index in [0.29, 0.717) is 37.4 Å². The minimum Gasteiger partial charge on any atom is -0.379 e. The molecule has 0 saturated carbocycles. The van der Waals surface area contributed by atoms with Crippen molar-refractivity contribution in [1.82, 2.24) is 4.31 Å². The van der Waals surface area contributed by atoms with Gasteiger partial charge in [0, 0.05) is 25.1 Å². The largest absolute Gasteiger partial charge is 0.379 e. The molecule has 3 rings (SSSR count). The Balaban J connectivity index is 1.80. The van der Waals surface area contributed by atoms with Crippen LogP contribution in [0.2, 0.25) is 0 Å². The fourth-order valence-corrected chi connectivity index (χ4v) is 4.11. The number of carbonyl (C=O) groups is 1. The molecule has 0 bridgehead atoms. The van der Waals surface area contributed by atoms with Crippen LogP contribution >= 0.6 is 0 Å². The van der Waals surface area contributed by atoms with Crippen molar-refractivity contribution in [3.63, 3.8) is 0 Å². The zero-order valence-corrected chi connectivity index (χ0v) is 14.3. The first kappa shape index (κ1) is 17.7. The highest BCUT2D eigenvalue weighted by molar-refractivity contribution is 7.89.